The molecular weight excluding hydrogens is 120 g/mol. The van der Waals surface area contributed by atoms with Crippen molar-refractivity contribution in [3.63, 3.8) is 0 Å². The first-order chi connectivity index (χ1) is 4.85. The maximum atomic E-state index is 3.81. The van der Waals surface area contributed by atoms with Crippen LogP contribution in [0, 0.1) is 6.92 Å². The minimum Gasteiger partial charge on any atom is -0.0853 e. The molecule has 1 radical (unpaired) electrons. The summed E-state index contributed by atoms with van der Waals surface area (Å²) in [5.41, 5.74) is 1.58. The Balaban J connectivity index is 3.49. The Bertz CT molecular complexity index is 90.2. The summed E-state index contributed by atoms with van der Waals surface area (Å²) < 4.78 is 0. The molecule has 0 unspecified atom stereocenters. The lowest BCUT2D eigenvalue weighted by molar-refractivity contribution is 0.763. The van der Waals surface area contributed by atoms with Gasteiger partial charge in [-0.2, -0.15) is 0 Å². The van der Waals surface area contributed by atoms with Crippen LogP contribution in [0.5, 0.6) is 0 Å². The fourth-order valence-corrected chi connectivity index (χ4v) is 1.03. The molecule has 0 amide bonds. The number of hydrogen-bond acceptors (Lipinski definition) is 0. The molecule has 0 aliphatic rings. The molecule has 0 aliphatic heterocycles. The van der Waals surface area contributed by atoms with Crippen LogP contribution in [0.25, 0.3) is 0 Å². The molecular formula is C10H19. The lowest BCUT2D eigenvalue weighted by atomic mass is 10.1. The van der Waals surface area contributed by atoms with Crippen molar-refractivity contribution in [2.75, 3.05) is 0 Å². The predicted octanol–water partition coefficient (Wildman–Crippen LogP) is 3.74. The highest BCUT2D eigenvalue weighted by Crippen LogP contribution is 2.11. The molecule has 0 N–H and O–H groups in total. The summed E-state index contributed by atoms with van der Waals surface area (Å²) in [6.45, 7) is 8.26. The van der Waals surface area contributed by atoms with Gasteiger partial charge >= 0.3 is 0 Å². The van der Waals surface area contributed by atoms with Gasteiger partial charge < -0.3 is 0 Å². The van der Waals surface area contributed by atoms with Crippen LogP contribution < -0.4 is 0 Å². The van der Waals surface area contributed by atoms with Crippen LogP contribution in [0.15, 0.2) is 11.6 Å². The van der Waals surface area contributed by atoms with Gasteiger partial charge in [-0.25, -0.2) is 0 Å². The van der Waals surface area contributed by atoms with Gasteiger partial charge in [0, 0.05) is 0 Å². The van der Waals surface area contributed by atoms with Gasteiger partial charge in [0.15, 0.2) is 0 Å². The maximum absolute atomic E-state index is 3.81. The van der Waals surface area contributed by atoms with Crippen LogP contribution in [0.1, 0.15) is 46.0 Å². The lowest BCUT2D eigenvalue weighted by Gasteiger charge is -2.01. The Kier molecular flexibility index (Phi) is 6.68. The molecule has 0 fully saturated rings. The summed E-state index contributed by atoms with van der Waals surface area (Å²) in [5.74, 6) is 0. The molecule has 0 spiro atoms. The van der Waals surface area contributed by atoms with E-state index in [1.807, 2.05) is 0 Å². The number of unbranched alkanes of at least 4 members (excludes halogenated alkanes) is 1. The second kappa shape index (κ2) is 6.85. The third-order valence-electron chi connectivity index (χ3n) is 1.74. The molecule has 59 valence electrons. The topological polar surface area (TPSA) is 0 Å². The minimum absolute atomic E-state index is 0.951. The number of rotatable bonds is 5. The van der Waals surface area contributed by atoms with Gasteiger partial charge in [0.05, 0.1) is 0 Å². The highest BCUT2D eigenvalue weighted by molar-refractivity contribution is 5.01. The standard InChI is InChI=1S/C10H19/c1-4-7-9-10(6-3)8-5-2/h8H,2,4-7,9H2,1,3H3/b10-8+. The molecule has 0 aromatic carbocycles. The van der Waals surface area contributed by atoms with Crippen molar-refractivity contribution in [3.8, 4) is 0 Å². The first-order valence-corrected chi connectivity index (χ1v) is 4.32. The molecule has 0 nitrogen and oxygen atoms in total. The fraction of sp³-hybridized carbons (Fsp3) is 0.700. The fourth-order valence-electron chi connectivity index (χ4n) is 1.03. The second-order valence-corrected chi connectivity index (χ2v) is 2.61. The third kappa shape index (κ3) is 4.60. The Labute approximate surface area is 65.3 Å². The Hall–Kier alpha value is -0.260. The van der Waals surface area contributed by atoms with Crippen molar-refractivity contribution in [2.24, 2.45) is 0 Å². The van der Waals surface area contributed by atoms with Crippen molar-refractivity contribution < 1.29 is 0 Å². The molecule has 0 heteroatoms. The summed E-state index contributed by atoms with van der Waals surface area (Å²) in [7, 11) is 0. The first kappa shape index (κ1) is 9.74. The monoisotopic (exact) mass is 139 g/mol. The molecule has 10 heavy (non-hydrogen) atoms. The lowest BCUT2D eigenvalue weighted by Crippen LogP contribution is -1.80. The van der Waals surface area contributed by atoms with Gasteiger partial charge in [-0.1, -0.05) is 31.9 Å². The molecule has 0 aromatic heterocycles. The SMILES string of the molecule is [CH2]C/C=C(\CC)CCCC. The number of hydrogen-bond donors (Lipinski definition) is 0. The van der Waals surface area contributed by atoms with Gasteiger partial charge in [0.2, 0.25) is 0 Å². The number of allylic oxidation sites excluding steroid dienone is 2. The van der Waals surface area contributed by atoms with Gasteiger partial charge in [-0.15, -0.1) is 0 Å². The summed E-state index contributed by atoms with van der Waals surface area (Å²) in [6.07, 6.45) is 8.33. The van der Waals surface area contributed by atoms with E-state index < -0.39 is 0 Å². The summed E-state index contributed by atoms with van der Waals surface area (Å²) in [6, 6.07) is 0. The van der Waals surface area contributed by atoms with Crippen molar-refractivity contribution in [1.82, 2.24) is 0 Å². The summed E-state index contributed by atoms with van der Waals surface area (Å²) in [4.78, 5) is 0. The Morgan fingerprint density at radius 1 is 1.40 bits per heavy atom. The largest absolute Gasteiger partial charge is 0.0853 e. The average molecular weight is 139 g/mol. The van der Waals surface area contributed by atoms with E-state index in [0.29, 0.717) is 0 Å². The van der Waals surface area contributed by atoms with Gasteiger partial charge in [0.25, 0.3) is 0 Å². The summed E-state index contributed by atoms with van der Waals surface area (Å²) >= 11 is 0. The predicted molar refractivity (Wildman–Crippen MR) is 47.9 cm³/mol. The normalized spacial score (nSPS) is 12.1. The molecule has 0 aromatic rings. The van der Waals surface area contributed by atoms with E-state index in [1.54, 1.807) is 5.57 Å². The van der Waals surface area contributed by atoms with Crippen molar-refractivity contribution in [3.05, 3.63) is 18.6 Å². The highest BCUT2D eigenvalue weighted by atomic mass is 14.0. The second-order valence-electron chi connectivity index (χ2n) is 2.61. The van der Waals surface area contributed by atoms with E-state index in [1.165, 1.54) is 25.7 Å². The van der Waals surface area contributed by atoms with Crippen molar-refractivity contribution >= 4 is 0 Å². The molecule has 0 saturated heterocycles. The molecule has 0 aliphatic carbocycles. The van der Waals surface area contributed by atoms with Crippen LogP contribution in [-0.4, -0.2) is 0 Å². The molecule has 0 bridgehead atoms. The highest BCUT2D eigenvalue weighted by Gasteiger charge is 1.90. The first-order valence-electron chi connectivity index (χ1n) is 4.32. The van der Waals surface area contributed by atoms with E-state index >= 15 is 0 Å². The van der Waals surface area contributed by atoms with E-state index in [0.717, 1.165) is 6.42 Å². The van der Waals surface area contributed by atoms with Crippen LogP contribution in [0.4, 0.5) is 0 Å². The Morgan fingerprint density at radius 2 is 2.10 bits per heavy atom. The Morgan fingerprint density at radius 3 is 2.50 bits per heavy atom. The van der Waals surface area contributed by atoms with Crippen molar-refractivity contribution in [1.29, 1.82) is 0 Å². The van der Waals surface area contributed by atoms with Gasteiger partial charge in [-0.05, 0) is 32.6 Å². The van der Waals surface area contributed by atoms with Gasteiger partial charge in [0.1, 0.15) is 0 Å². The zero-order valence-corrected chi connectivity index (χ0v) is 7.32. The van der Waals surface area contributed by atoms with Gasteiger partial charge in [-0.3, -0.25) is 0 Å². The molecule has 0 atom stereocenters. The molecule has 0 saturated carbocycles. The van der Waals surface area contributed by atoms with Crippen LogP contribution in [0.3, 0.4) is 0 Å². The average Bonchev–Trinajstić information content (AvgIpc) is 1.98. The quantitative estimate of drug-likeness (QED) is 0.509. The van der Waals surface area contributed by atoms with Crippen LogP contribution >= 0.6 is 0 Å². The minimum atomic E-state index is 0.951. The zero-order chi connectivity index (χ0) is 7.82. The van der Waals surface area contributed by atoms with Crippen LogP contribution in [-0.2, 0) is 0 Å². The summed E-state index contributed by atoms with van der Waals surface area (Å²) in [5, 5.41) is 0. The van der Waals surface area contributed by atoms with Crippen LogP contribution in [0.2, 0.25) is 0 Å². The van der Waals surface area contributed by atoms with Crippen molar-refractivity contribution in [2.45, 2.75) is 46.0 Å². The molecule has 0 heterocycles. The van der Waals surface area contributed by atoms with E-state index in [-0.39, 0.29) is 0 Å². The molecule has 0 rings (SSSR count). The maximum Gasteiger partial charge on any atom is -0.0321 e. The smallest absolute Gasteiger partial charge is 0.0321 e. The van der Waals surface area contributed by atoms with E-state index in [2.05, 4.69) is 26.8 Å². The zero-order valence-electron chi connectivity index (χ0n) is 7.32. The van der Waals surface area contributed by atoms with E-state index in [4.69, 9.17) is 0 Å². The third-order valence-corrected chi connectivity index (χ3v) is 1.74. The van der Waals surface area contributed by atoms with E-state index in [9.17, 15) is 0 Å².